The van der Waals surface area contributed by atoms with Crippen molar-refractivity contribution in [2.24, 2.45) is 0 Å². The maximum atomic E-state index is 12.2. The van der Waals surface area contributed by atoms with Gasteiger partial charge in [-0.05, 0) is 31.9 Å². The monoisotopic (exact) mass is 317 g/mol. The van der Waals surface area contributed by atoms with E-state index in [1.807, 2.05) is 31.2 Å². The lowest BCUT2D eigenvalue weighted by molar-refractivity contribution is -0.137. The smallest absolute Gasteiger partial charge is 0.322 e. The van der Waals surface area contributed by atoms with Crippen molar-refractivity contribution in [1.29, 1.82) is 0 Å². The third-order valence-electron chi connectivity index (χ3n) is 4.37. The van der Waals surface area contributed by atoms with Gasteiger partial charge in [-0.25, -0.2) is 4.79 Å². The molecule has 1 aromatic rings. The molecular weight excluding hydrogens is 298 g/mol. The number of hydrogen-bond donors (Lipinski definition) is 2. The van der Waals surface area contributed by atoms with Gasteiger partial charge in [0.15, 0.2) is 6.61 Å². The molecule has 0 aliphatic carbocycles. The average molecular weight is 317 g/mol. The summed E-state index contributed by atoms with van der Waals surface area (Å²) in [6.07, 6.45) is 0.835. The standard InChI is InChI=1S/C16H19N3O4/c1-11-2-4-12(5-3-11)23-10-13(20)19-8-6-16(7-9-19)14(21)17-15(22)18-16/h2-5H,6-10H2,1H3,(H2,17,18,21,22). The number of rotatable bonds is 3. The van der Waals surface area contributed by atoms with E-state index in [0.717, 1.165) is 5.56 Å². The van der Waals surface area contributed by atoms with Gasteiger partial charge in [0.2, 0.25) is 0 Å². The number of nitrogens with zero attached hydrogens (tertiary/aromatic N) is 1. The van der Waals surface area contributed by atoms with E-state index in [1.54, 1.807) is 4.90 Å². The predicted octanol–water partition coefficient (Wildman–Crippen LogP) is 0.574. The highest BCUT2D eigenvalue weighted by molar-refractivity contribution is 6.07. The number of urea groups is 1. The number of amides is 4. The summed E-state index contributed by atoms with van der Waals surface area (Å²) in [5.74, 6) is 0.232. The van der Waals surface area contributed by atoms with Crippen molar-refractivity contribution in [3.63, 3.8) is 0 Å². The third kappa shape index (κ3) is 3.13. The van der Waals surface area contributed by atoms with E-state index in [2.05, 4.69) is 10.6 Å². The summed E-state index contributed by atoms with van der Waals surface area (Å²) in [7, 11) is 0. The fourth-order valence-corrected chi connectivity index (χ4v) is 2.89. The number of carbonyl (C=O) groups excluding carboxylic acids is 3. The summed E-state index contributed by atoms with van der Waals surface area (Å²) in [5, 5.41) is 4.93. The van der Waals surface area contributed by atoms with Crippen LogP contribution in [0.1, 0.15) is 18.4 Å². The van der Waals surface area contributed by atoms with Crippen molar-refractivity contribution in [3.8, 4) is 5.75 Å². The van der Waals surface area contributed by atoms with Gasteiger partial charge >= 0.3 is 6.03 Å². The highest BCUT2D eigenvalue weighted by Crippen LogP contribution is 2.25. The zero-order chi connectivity index (χ0) is 16.4. The number of nitrogens with one attached hydrogen (secondary N) is 2. The number of carbonyl (C=O) groups is 3. The maximum absolute atomic E-state index is 12.2. The van der Waals surface area contributed by atoms with Crippen LogP contribution in [0.15, 0.2) is 24.3 Å². The molecule has 2 N–H and O–H groups in total. The molecule has 2 saturated heterocycles. The normalized spacial score (nSPS) is 19.4. The molecule has 7 heteroatoms. The van der Waals surface area contributed by atoms with E-state index in [1.165, 1.54) is 0 Å². The second-order valence-electron chi connectivity index (χ2n) is 5.97. The molecule has 0 saturated carbocycles. The predicted molar refractivity (Wildman–Crippen MR) is 81.9 cm³/mol. The minimum absolute atomic E-state index is 0.0331. The summed E-state index contributed by atoms with van der Waals surface area (Å²) in [5.41, 5.74) is 0.271. The summed E-state index contributed by atoms with van der Waals surface area (Å²) >= 11 is 0. The Labute approximate surface area is 134 Å². The molecule has 0 unspecified atom stereocenters. The maximum Gasteiger partial charge on any atom is 0.322 e. The van der Waals surface area contributed by atoms with E-state index in [9.17, 15) is 14.4 Å². The zero-order valence-electron chi connectivity index (χ0n) is 12.9. The van der Waals surface area contributed by atoms with Crippen molar-refractivity contribution in [2.75, 3.05) is 19.7 Å². The number of ether oxygens (including phenoxy) is 1. The Hall–Kier alpha value is -2.57. The fourth-order valence-electron chi connectivity index (χ4n) is 2.89. The lowest BCUT2D eigenvalue weighted by Crippen LogP contribution is -2.56. The molecular formula is C16H19N3O4. The number of benzene rings is 1. The molecule has 0 aromatic heterocycles. The minimum atomic E-state index is -0.855. The van der Waals surface area contributed by atoms with Crippen LogP contribution >= 0.6 is 0 Å². The molecule has 4 amide bonds. The van der Waals surface area contributed by atoms with Crippen molar-refractivity contribution in [2.45, 2.75) is 25.3 Å². The van der Waals surface area contributed by atoms with Crippen molar-refractivity contribution in [1.82, 2.24) is 15.5 Å². The summed E-state index contributed by atoms with van der Waals surface area (Å²) in [4.78, 5) is 37.0. The lowest BCUT2D eigenvalue weighted by atomic mass is 9.88. The Morgan fingerprint density at radius 3 is 2.43 bits per heavy atom. The Morgan fingerprint density at radius 2 is 1.87 bits per heavy atom. The molecule has 122 valence electrons. The third-order valence-corrected chi connectivity index (χ3v) is 4.37. The number of hydrogen-bond acceptors (Lipinski definition) is 4. The van der Waals surface area contributed by atoms with E-state index in [-0.39, 0.29) is 18.4 Å². The van der Waals surface area contributed by atoms with Crippen LogP contribution in [-0.4, -0.2) is 48.0 Å². The molecule has 2 aliphatic rings. The first-order valence-corrected chi connectivity index (χ1v) is 7.59. The number of likely N-dealkylation sites (tertiary alicyclic amines) is 1. The van der Waals surface area contributed by atoms with Crippen LogP contribution < -0.4 is 15.4 Å². The van der Waals surface area contributed by atoms with E-state index < -0.39 is 11.6 Å². The first kappa shape index (κ1) is 15.3. The second kappa shape index (κ2) is 5.91. The van der Waals surface area contributed by atoms with Gasteiger partial charge in [0.1, 0.15) is 11.3 Å². The fraction of sp³-hybridized carbons (Fsp3) is 0.438. The molecule has 23 heavy (non-hydrogen) atoms. The lowest BCUT2D eigenvalue weighted by Gasteiger charge is -2.36. The van der Waals surface area contributed by atoms with E-state index in [0.29, 0.717) is 31.7 Å². The number of imide groups is 1. The van der Waals surface area contributed by atoms with Gasteiger partial charge in [-0.1, -0.05) is 17.7 Å². The van der Waals surface area contributed by atoms with Gasteiger partial charge in [-0.15, -0.1) is 0 Å². The SMILES string of the molecule is Cc1ccc(OCC(=O)N2CCC3(CC2)NC(=O)NC3=O)cc1. The first-order valence-electron chi connectivity index (χ1n) is 7.59. The number of piperidine rings is 1. The largest absolute Gasteiger partial charge is 0.484 e. The Morgan fingerprint density at radius 1 is 1.22 bits per heavy atom. The second-order valence-corrected chi connectivity index (χ2v) is 5.97. The minimum Gasteiger partial charge on any atom is -0.484 e. The van der Waals surface area contributed by atoms with Gasteiger partial charge < -0.3 is 15.0 Å². The molecule has 0 radical (unpaired) electrons. The highest BCUT2D eigenvalue weighted by Gasteiger charge is 2.48. The van der Waals surface area contributed by atoms with Gasteiger partial charge in [-0.3, -0.25) is 14.9 Å². The van der Waals surface area contributed by atoms with Crippen molar-refractivity contribution in [3.05, 3.63) is 29.8 Å². The van der Waals surface area contributed by atoms with Gasteiger partial charge in [0.05, 0.1) is 0 Å². The van der Waals surface area contributed by atoms with Gasteiger partial charge in [0, 0.05) is 13.1 Å². The summed E-state index contributed by atoms with van der Waals surface area (Å²) < 4.78 is 5.49. The highest BCUT2D eigenvalue weighted by atomic mass is 16.5. The van der Waals surface area contributed by atoms with Crippen LogP contribution in [0.4, 0.5) is 4.79 Å². The molecule has 2 heterocycles. The zero-order valence-corrected chi connectivity index (χ0v) is 12.9. The van der Waals surface area contributed by atoms with E-state index in [4.69, 9.17) is 4.74 Å². The molecule has 2 aliphatic heterocycles. The van der Waals surface area contributed by atoms with Crippen molar-refractivity contribution < 1.29 is 19.1 Å². The average Bonchev–Trinajstić information content (AvgIpc) is 2.81. The molecule has 3 rings (SSSR count). The molecule has 1 spiro atoms. The Bertz CT molecular complexity index is 633. The van der Waals surface area contributed by atoms with Crippen LogP contribution in [0, 0.1) is 6.92 Å². The van der Waals surface area contributed by atoms with Crippen LogP contribution in [0.5, 0.6) is 5.75 Å². The summed E-state index contributed by atoms with van der Waals surface area (Å²) in [6.45, 7) is 2.79. The quantitative estimate of drug-likeness (QED) is 0.798. The Kier molecular flexibility index (Phi) is 3.94. The van der Waals surface area contributed by atoms with Gasteiger partial charge in [-0.2, -0.15) is 0 Å². The van der Waals surface area contributed by atoms with Gasteiger partial charge in [0.25, 0.3) is 11.8 Å². The molecule has 0 bridgehead atoms. The van der Waals surface area contributed by atoms with Crippen LogP contribution in [0.3, 0.4) is 0 Å². The topological polar surface area (TPSA) is 87.7 Å². The molecule has 7 nitrogen and oxygen atoms in total. The number of aryl methyl sites for hydroxylation is 1. The molecule has 2 fully saturated rings. The molecule has 0 atom stereocenters. The van der Waals surface area contributed by atoms with Crippen LogP contribution in [0.2, 0.25) is 0 Å². The molecule has 1 aromatic carbocycles. The first-order chi connectivity index (χ1) is 11.0. The van der Waals surface area contributed by atoms with Crippen molar-refractivity contribution >= 4 is 17.8 Å². The van der Waals surface area contributed by atoms with Crippen LogP contribution in [0.25, 0.3) is 0 Å². The Balaban J connectivity index is 1.51. The van der Waals surface area contributed by atoms with E-state index >= 15 is 0 Å². The van der Waals surface area contributed by atoms with Crippen LogP contribution in [-0.2, 0) is 9.59 Å². The summed E-state index contributed by atoms with van der Waals surface area (Å²) in [6, 6.07) is 7.04.